The molecular weight excluding hydrogens is 390 g/mol. The minimum absolute atomic E-state index is 0.0609. The Morgan fingerprint density at radius 3 is 2.56 bits per heavy atom. The monoisotopic (exact) mass is 401 g/mol. The van der Waals surface area contributed by atoms with Crippen LogP contribution in [0.1, 0.15) is 10.4 Å². The van der Waals surface area contributed by atoms with Gasteiger partial charge in [-0.1, -0.05) is 0 Å². The zero-order valence-corrected chi connectivity index (χ0v) is 15.1. The van der Waals surface area contributed by atoms with E-state index in [1.165, 1.54) is 41.8 Å². The number of carbonyl (C=O) groups is 1. The number of nitrogens with one attached hydrogen (secondary N) is 2. The van der Waals surface area contributed by atoms with E-state index in [9.17, 15) is 13.2 Å². The van der Waals surface area contributed by atoms with Crippen molar-refractivity contribution in [1.82, 2.24) is 15.3 Å². The molecule has 1 amide bonds. The molecule has 136 valence electrons. The topological polar surface area (TPSA) is 127 Å². The average Bonchev–Trinajstić information content (AvgIpc) is 3.32. The normalized spacial score (nSPS) is 11.4. The van der Waals surface area contributed by atoms with Crippen LogP contribution < -0.4 is 10.0 Å². The van der Waals surface area contributed by atoms with E-state index in [4.69, 9.17) is 0 Å². The standard InChI is InChI=1S/C16H11N5O4S2/c22-15(10-1-6-13-14(9-10)20-25-19-13)18-11-2-4-12(5-3-11)27(23,24)21-16-17-7-8-26-16/h1-9H,(H,17,21)(H,18,22). The summed E-state index contributed by atoms with van der Waals surface area (Å²) in [7, 11) is -3.74. The second kappa shape index (κ2) is 6.78. The van der Waals surface area contributed by atoms with Crippen LogP contribution in [0.2, 0.25) is 0 Å². The summed E-state index contributed by atoms with van der Waals surface area (Å²) in [6, 6.07) is 10.6. The molecular formula is C16H11N5O4S2. The molecule has 0 saturated heterocycles. The molecule has 0 aliphatic heterocycles. The third-order valence-corrected chi connectivity index (χ3v) is 5.77. The molecule has 27 heavy (non-hydrogen) atoms. The molecule has 0 aliphatic rings. The largest absolute Gasteiger partial charge is 0.322 e. The number of hydrogen-bond donors (Lipinski definition) is 2. The minimum Gasteiger partial charge on any atom is -0.322 e. The fourth-order valence-corrected chi connectivity index (χ4v) is 4.08. The van der Waals surface area contributed by atoms with E-state index < -0.39 is 10.0 Å². The van der Waals surface area contributed by atoms with Crippen molar-refractivity contribution >= 4 is 49.1 Å². The highest BCUT2D eigenvalue weighted by molar-refractivity contribution is 7.93. The van der Waals surface area contributed by atoms with Crippen molar-refractivity contribution in [3.8, 4) is 0 Å². The summed E-state index contributed by atoms with van der Waals surface area (Å²) in [4.78, 5) is 16.3. The van der Waals surface area contributed by atoms with Gasteiger partial charge in [-0.25, -0.2) is 18.0 Å². The quantitative estimate of drug-likeness (QED) is 0.526. The third kappa shape index (κ3) is 3.64. The number of thiazole rings is 1. The first-order valence-corrected chi connectivity index (χ1v) is 9.94. The van der Waals surface area contributed by atoms with Crippen molar-refractivity contribution in [2.75, 3.05) is 10.0 Å². The molecule has 4 aromatic rings. The Hall–Kier alpha value is -3.31. The van der Waals surface area contributed by atoms with Gasteiger partial charge in [0.05, 0.1) is 4.90 Å². The highest BCUT2D eigenvalue weighted by atomic mass is 32.2. The number of aromatic nitrogens is 3. The maximum atomic E-state index is 12.3. The van der Waals surface area contributed by atoms with Crippen molar-refractivity contribution in [1.29, 1.82) is 0 Å². The lowest BCUT2D eigenvalue weighted by Crippen LogP contribution is -2.14. The van der Waals surface area contributed by atoms with Crippen molar-refractivity contribution < 1.29 is 17.8 Å². The molecule has 2 heterocycles. The van der Waals surface area contributed by atoms with E-state index >= 15 is 0 Å². The molecule has 9 nitrogen and oxygen atoms in total. The second-order valence-corrected chi connectivity index (χ2v) is 7.97. The van der Waals surface area contributed by atoms with E-state index in [0.29, 0.717) is 22.3 Å². The molecule has 0 saturated carbocycles. The summed E-state index contributed by atoms with van der Waals surface area (Å²) in [5.41, 5.74) is 1.85. The van der Waals surface area contributed by atoms with Gasteiger partial charge in [0.15, 0.2) is 5.13 Å². The molecule has 11 heteroatoms. The molecule has 2 aromatic heterocycles. The smallest absolute Gasteiger partial charge is 0.263 e. The average molecular weight is 401 g/mol. The van der Waals surface area contributed by atoms with E-state index in [0.717, 1.165) is 0 Å². The van der Waals surface area contributed by atoms with E-state index in [2.05, 4.69) is 30.0 Å². The maximum absolute atomic E-state index is 12.3. The van der Waals surface area contributed by atoms with E-state index in [-0.39, 0.29) is 15.9 Å². The fourth-order valence-electron chi connectivity index (χ4n) is 2.29. The van der Waals surface area contributed by atoms with Crippen molar-refractivity contribution in [2.24, 2.45) is 0 Å². The zero-order chi connectivity index (χ0) is 18.9. The molecule has 0 radical (unpaired) electrons. The van der Waals surface area contributed by atoms with Crippen LogP contribution in [0.3, 0.4) is 0 Å². The van der Waals surface area contributed by atoms with Gasteiger partial charge in [0.25, 0.3) is 15.9 Å². The molecule has 2 N–H and O–H groups in total. The van der Waals surface area contributed by atoms with Crippen LogP contribution in [0.25, 0.3) is 11.0 Å². The Bertz CT molecular complexity index is 1200. The zero-order valence-electron chi connectivity index (χ0n) is 13.5. The number of benzene rings is 2. The van der Waals surface area contributed by atoms with Gasteiger partial charge in [-0.05, 0) is 52.8 Å². The highest BCUT2D eigenvalue weighted by Crippen LogP contribution is 2.20. The highest BCUT2D eigenvalue weighted by Gasteiger charge is 2.16. The van der Waals surface area contributed by atoms with Gasteiger partial charge in [0.2, 0.25) is 0 Å². The first-order chi connectivity index (χ1) is 13.0. The Morgan fingerprint density at radius 1 is 1.04 bits per heavy atom. The summed E-state index contributed by atoms with van der Waals surface area (Å²) < 4.78 is 31.6. The van der Waals surface area contributed by atoms with Crippen LogP contribution in [0.4, 0.5) is 10.8 Å². The van der Waals surface area contributed by atoms with E-state index in [1.54, 1.807) is 23.6 Å². The molecule has 0 unspecified atom stereocenters. The number of rotatable bonds is 5. The maximum Gasteiger partial charge on any atom is 0.263 e. The predicted octanol–water partition coefficient (Wildman–Crippen LogP) is 2.73. The summed E-state index contributed by atoms with van der Waals surface area (Å²) in [6.45, 7) is 0. The fraction of sp³-hybridized carbons (Fsp3) is 0. The Kier molecular flexibility index (Phi) is 4.30. The van der Waals surface area contributed by atoms with Crippen LogP contribution in [0, 0.1) is 0 Å². The summed E-state index contributed by atoms with van der Waals surface area (Å²) in [5, 5.41) is 12.0. The number of nitrogens with zero attached hydrogens (tertiary/aromatic N) is 3. The summed E-state index contributed by atoms with van der Waals surface area (Å²) in [5.74, 6) is -0.364. The van der Waals surface area contributed by atoms with Gasteiger partial charge in [-0.15, -0.1) is 11.3 Å². The lowest BCUT2D eigenvalue weighted by atomic mass is 10.2. The van der Waals surface area contributed by atoms with Crippen LogP contribution in [0.15, 0.2) is 63.6 Å². The number of amides is 1. The first-order valence-electron chi connectivity index (χ1n) is 7.57. The van der Waals surface area contributed by atoms with Gasteiger partial charge in [-0.2, -0.15) is 0 Å². The Balaban J connectivity index is 1.49. The SMILES string of the molecule is O=C(Nc1ccc(S(=O)(=O)Nc2nccs2)cc1)c1ccc2nonc2c1. The van der Waals surface area contributed by atoms with Gasteiger partial charge < -0.3 is 5.32 Å². The molecule has 0 aliphatic carbocycles. The van der Waals surface area contributed by atoms with Crippen LogP contribution in [-0.4, -0.2) is 29.6 Å². The summed E-state index contributed by atoms with van der Waals surface area (Å²) in [6.07, 6.45) is 1.51. The second-order valence-electron chi connectivity index (χ2n) is 5.39. The van der Waals surface area contributed by atoms with Crippen molar-refractivity contribution in [2.45, 2.75) is 4.90 Å². The van der Waals surface area contributed by atoms with Gasteiger partial charge in [-0.3, -0.25) is 9.52 Å². The van der Waals surface area contributed by atoms with Crippen molar-refractivity contribution in [3.63, 3.8) is 0 Å². The molecule has 0 bridgehead atoms. The lowest BCUT2D eigenvalue weighted by molar-refractivity contribution is 0.102. The Labute approximate surface area is 157 Å². The third-order valence-electron chi connectivity index (χ3n) is 3.59. The van der Waals surface area contributed by atoms with Gasteiger partial charge >= 0.3 is 0 Å². The van der Waals surface area contributed by atoms with Crippen LogP contribution >= 0.6 is 11.3 Å². The lowest BCUT2D eigenvalue weighted by Gasteiger charge is -2.08. The molecule has 0 fully saturated rings. The molecule has 0 atom stereocenters. The predicted molar refractivity (Wildman–Crippen MR) is 99.1 cm³/mol. The molecule has 2 aromatic carbocycles. The van der Waals surface area contributed by atoms with Crippen LogP contribution in [0.5, 0.6) is 0 Å². The van der Waals surface area contributed by atoms with Crippen molar-refractivity contribution in [3.05, 3.63) is 59.6 Å². The van der Waals surface area contributed by atoms with Gasteiger partial charge in [0.1, 0.15) is 11.0 Å². The molecule has 0 spiro atoms. The number of anilines is 2. The minimum atomic E-state index is -3.74. The number of carbonyl (C=O) groups excluding carboxylic acids is 1. The number of sulfonamides is 1. The van der Waals surface area contributed by atoms with E-state index in [1.807, 2.05) is 0 Å². The Morgan fingerprint density at radius 2 is 1.81 bits per heavy atom. The number of fused-ring (bicyclic) bond motifs is 1. The molecule has 4 rings (SSSR count). The summed E-state index contributed by atoms with van der Waals surface area (Å²) >= 11 is 1.18. The van der Waals surface area contributed by atoms with Gasteiger partial charge in [0, 0.05) is 22.8 Å². The van der Waals surface area contributed by atoms with Crippen LogP contribution in [-0.2, 0) is 10.0 Å². The first kappa shape index (κ1) is 17.1. The number of hydrogen-bond acceptors (Lipinski definition) is 8.